The number of aromatic nitrogens is 1. The molecule has 1 heterocycles. The summed E-state index contributed by atoms with van der Waals surface area (Å²) < 4.78 is 31.0. The van der Waals surface area contributed by atoms with Crippen LogP contribution in [0.2, 0.25) is 0 Å². The molecule has 5 rings (SSSR count). The van der Waals surface area contributed by atoms with Crippen LogP contribution >= 0.6 is 7.82 Å². The first-order valence-corrected chi connectivity index (χ1v) is 14.8. The molecule has 4 aromatic carbocycles. The molecule has 0 saturated heterocycles. The molecule has 0 amide bonds. The zero-order valence-corrected chi connectivity index (χ0v) is 22.9. The van der Waals surface area contributed by atoms with E-state index in [2.05, 4.69) is 89.5 Å². The van der Waals surface area contributed by atoms with Crippen molar-refractivity contribution >= 4 is 29.6 Å². The molecule has 5 aromatic rings. The molecule has 0 aliphatic heterocycles. The molecule has 0 aliphatic rings. The fourth-order valence-corrected chi connectivity index (χ4v) is 6.15. The number of nitrogens with zero attached hydrogens (tertiary/aromatic N) is 1. The number of phosphoric acid groups is 1. The van der Waals surface area contributed by atoms with Crippen LogP contribution in [0, 0.1) is 0 Å². The smallest absolute Gasteiger partial charge is 0.340 e. The number of benzene rings is 4. The number of aryl methyl sites for hydroxylation is 1. The van der Waals surface area contributed by atoms with E-state index in [4.69, 9.17) is 13.6 Å². The van der Waals surface area contributed by atoms with E-state index in [1.165, 1.54) is 44.1 Å². The summed E-state index contributed by atoms with van der Waals surface area (Å²) in [5, 5.41) is 2.49. The predicted octanol–water partition coefficient (Wildman–Crippen LogP) is 9.11. The Morgan fingerprint density at radius 2 is 1.11 bits per heavy atom. The second-order valence-corrected chi connectivity index (χ2v) is 10.8. The van der Waals surface area contributed by atoms with E-state index in [0.717, 1.165) is 19.4 Å². The Hall–Kier alpha value is -3.21. The van der Waals surface area contributed by atoms with Gasteiger partial charge in [0, 0.05) is 28.4 Å². The maximum absolute atomic E-state index is 12.6. The summed E-state index contributed by atoms with van der Waals surface area (Å²) in [7, 11) is -3.47. The summed E-state index contributed by atoms with van der Waals surface area (Å²) in [6, 6.07) is 34.5. The summed E-state index contributed by atoms with van der Waals surface area (Å²) in [6.45, 7) is 5.29. The summed E-state index contributed by atoms with van der Waals surface area (Å²) in [5.41, 5.74) is 7.25. The average Bonchev–Trinajstić information content (AvgIpc) is 3.26. The number of phosphoric ester groups is 1. The molecule has 0 atom stereocenters. The van der Waals surface area contributed by atoms with Crippen molar-refractivity contribution in [2.75, 3.05) is 19.8 Å². The molecule has 6 heteroatoms. The number of hydrogen-bond acceptors (Lipinski definition) is 4. The van der Waals surface area contributed by atoms with Crippen LogP contribution in [0.5, 0.6) is 0 Å². The summed E-state index contributed by atoms with van der Waals surface area (Å²) in [5.74, 6) is 0. The van der Waals surface area contributed by atoms with Crippen LogP contribution < -0.4 is 0 Å². The zero-order valence-electron chi connectivity index (χ0n) is 22.0. The van der Waals surface area contributed by atoms with Gasteiger partial charge in [-0.3, -0.25) is 13.6 Å². The first-order valence-electron chi connectivity index (χ1n) is 13.3. The minimum absolute atomic E-state index is 0.286. The highest BCUT2D eigenvalue weighted by Crippen LogP contribution is 2.49. The Morgan fingerprint density at radius 1 is 0.605 bits per heavy atom. The number of rotatable bonds is 12. The Bertz CT molecular complexity index is 1440. The van der Waals surface area contributed by atoms with Crippen LogP contribution in [0.25, 0.3) is 44.1 Å². The minimum atomic E-state index is -3.47. The van der Waals surface area contributed by atoms with Crippen molar-refractivity contribution in [2.45, 2.75) is 33.2 Å². The van der Waals surface area contributed by atoms with Gasteiger partial charge in [0.1, 0.15) is 0 Å². The largest absolute Gasteiger partial charge is 0.474 e. The quantitative estimate of drug-likeness (QED) is 0.120. The fraction of sp³-hybridized carbons (Fsp3) is 0.250. The highest BCUT2D eigenvalue weighted by Gasteiger charge is 2.24. The lowest BCUT2D eigenvalue weighted by molar-refractivity contribution is 0.120. The molecular formula is C32H34NO4P. The van der Waals surface area contributed by atoms with Crippen molar-refractivity contribution in [3.05, 3.63) is 97.1 Å². The molecule has 0 saturated carbocycles. The predicted molar refractivity (Wildman–Crippen MR) is 156 cm³/mol. The third-order valence-electron chi connectivity index (χ3n) is 6.68. The maximum Gasteiger partial charge on any atom is 0.474 e. The second kappa shape index (κ2) is 12.1. The van der Waals surface area contributed by atoms with E-state index in [-0.39, 0.29) is 13.2 Å². The van der Waals surface area contributed by atoms with Gasteiger partial charge in [0.15, 0.2) is 0 Å². The van der Waals surface area contributed by atoms with Gasteiger partial charge in [0.05, 0.1) is 19.8 Å². The molecule has 0 spiro atoms. The summed E-state index contributed by atoms with van der Waals surface area (Å²) in [4.78, 5) is 0. The Labute approximate surface area is 224 Å². The maximum atomic E-state index is 12.6. The Balaban J connectivity index is 1.45. The molecular weight excluding hydrogens is 493 g/mol. The molecule has 1 aromatic heterocycles. The van der Waals surface area contributed by atoms with E-state index in [1.807, 2.05) is 12.1 Å². The number of hydrogen-bond donors (Lipinski definition) is 0. The molecule has 0 N–H and O–H groups in total. The van der Waals surface area contributed by atoms with Crippen LogP contribution in [-0.2, 0) is 24.7 Å². The van der Waals surface area contributed by atoms with Gasteiger partial charge in [0.2, 0.25) is 0 Å². The lowest BCUT2D eigenvalue weighted by Gasteiger charge is -2.16. The lowest BCUT2D eigenvalue weighted by Crippen LogP contribution is -2.03. The van der Waals surface area contributed by atoms with Gasteiger partial charge in [-0.05, 0) is 73.2 Å². The minimum Gasteiger partial charge on any atom is -0.340 e. The first-order chi connectivity index (χ1) is 18.6. The van der Waals surface area contributed by atoms with E-state index < -0.39 is 7.82 Å². The van der Waals surface area contributed by atoms with Crippen molar-refractivity contribution < 1.29 is 18.1 Å². The van der Waals surface area contributed by atoms with Gasteiger partial charge >= 0.3 is 7.82 Å². The van der Waals surface area contributed by atoms with Gasteiger partial charge in [-0.25, -0.2) is 4.57 Å². The average molecular weight is 528 g/mol. The van der Waals surface area contributed by atoms with Crippen LogP contribution in [-0.4, -0.2) is 24.4 Å². The topological polar surface area (TPSA) is 49.7 Å². The van der Waals surface area contributed by atoms with E-state index in [0.29, 0.717) is 6.61 Å². The molecule has 38 heavy (non-hydrogen) atoms. The van der Waals surface area contributed by atoms with Gasteiger partial charge in [-0.2, -0.15) is 0 Å². The first kappa shape index (κ1) is 26.4. The van der Waals surface area contributed by atoms with Crippen LogP contribution in [0.1, 0.15) is 26.7 Å². The zero-order chi connectivity index (χ0) is 26.4. The second-order valence-electron chi connectivity index (χ2n) is 9.17. The van der Waals surface area contributed by atoms with E-state index in [1.54, 1.807) is 13.8 Å². The van der Waals surface area contributed by atoms with Crippen molar-refractivity contribution in [3.63, 3.8) is 0 Å². The Morgan fingerprint density at radius 3 is 1.58 bits per heavy atom. The molecule has 0 unspecified atom stereocenters. The molecule has 0 aliphatic carbocycles. The highest BCUT2D eigenvalue weighted by molar-refractivity contribution is 7.48. The normalized spacial score (nSPS) is 11.9. The fourth-order valence-electron chi connectivity index (χ4n) is 4.94. The van der Waals surface area contributed by atoms with Crippen LogP contribution in [0.4, 0.5) is 0 Å². The summed E-state index contributed by atoms with van der Waals surface area (Å²) in [6.07, 6.45) is 1.62. The van der Waals surface area contributed by atoms with Crippen molar-refractivity contribution in [1.82, 2.24) is 4.57 Å². The molecule has 0 fully saturated rings. The van der Waals surface area contributed by atoms with Gasteiger partial charge < -0.3 is 4.57 Å². The lowest BCUT2D eigenvalue weighted by atomic mass is 10.0. The molecule has 0 radical (unpaired) electrons. The van der Waals surface area contributed by atoms with Crippen LogP contribution in [0.15, 0.2) is 97.1 Å². The number of fused-ring (bicyclic) bond motifs is 3. The van der Waals surface area contributed by atoms with Gasteiger partial charge in [0.25, 0.3) is 0 Å². The molecule has 5 nitrogen and oxygen atoms in total. The standard InChI is InChI=1S/C32H34NO4P/c1-3-35-38(34,36-4-2)37-22-12-11-21-33-31-19-17-27(25-13-7-5-8-14-25)23-29(31)30-24-28(18-20-32(30)33)26-15-9-6-10-16-26/h5-10,13-20,23-24H,3-4,11-12,21-22H2,1-2H3. The van der Waals surface area contributed by atoms with Crippen molar-refractivity contribution in [3.8, 4) is 22.3 Å². The Kier molecular flexibility index (Phi) is 8.41. The van der Waals surface area contributed by atoms with Crippen molar-refractivity contribution in [1.29, 1.82) is 0 Å². The third-order valence-corrected chi connectivity index (χ3v) is 8.33. The third kappa shape index (κ3) is 5.77. The monoisotopic (exact) mass is 527 g/mol. The number of unbranched alkanes of at least 4 members (excludes halogenated alkanes) is 1. The van der Waals surface area contributed by atoms with Crippen LogP contribution in [0.3, 0.4) is 0 Å². The van der Waals surface area contributed by atoms with Crippen molar-refractivity contribution in [2.24, 2.45) is 0 Å². The van der Waals surface area contributed by atoms with Gasteiger partial charge in [-0.1, -0.05) is 72.8 Å². The molecule has 196 valence electrons. The SMILES string of the molecule is CCOP(=O)(OCC)OCCCCn1c2ccc(-c3ccccc3)cc2c2cc(-c3ccccc3)ccc21. The highest BCUT2D eigenvalue weighted by atomic mass is 31.2. The van der Waals surface area contributed by atoms with E-state index >= 15 is 0 Å². The molecule has 0 bridgehead atoms. The van der Waals surface area contributed by atoms with E-state index in [9.17, 15) is 4.57 Å². The summed E-state index contributed by atoms with van der Waals surface area (Å²) >= 11 is 0. The van der Waals surface area contributed by atoms with Gasteiger partial charge in [-0.15, -0.1) is 0 Å².